The SMILES string of the molecule is CC(C)(C(N)=O)c1nc(-c2ccc(Cl)cc2Cl)no1. The molecule has 0 fully saturated rings. The fraction of sp³-hybridized carbons (Fsp3) is 0.250. The molecule has 0 bridgehead atoms. The Balaban J connectivity index is 2.44. The van der Waals surface area contributed by atoms with E-state index in [-0.39, 0.29) is 11.7 Å². The Bertz CT molecular complexity index is 638. The van der Waals surface area contributed by atoms with Crippen molar-refractivity contribution in [3.63, 3.8) is 0 Å². The van der Waals surface area contributed by atoms with Gasteiger partial charge >= 0.3 is 0 Å². The summed E-state index contributed by atoms with van der Waals surface area (Å²) in [7, 11) is 0. The number of hydrogen-bond donors (Lipinski definition) is 1. The molecule has 0 saturated carbocycles. The normalized spacial score (nSPS) is 11.6. The quantitative estimate of drug-likeness (QED) is 0.945. The van der Waals surface area contributed by atoms with E-state index < -0.39 is 11.3 Å². The molecule has 0 atom stereocenters. The largest absolute Gasteiger partial charge is 0.369 e. The molecule has 19 heavy (non-hydrogen) atoms. The van der Waals surface area contributed by atoms with E-state index in [4.69, 9.17) is 33.5 Å². The number of aromatic nitrogens is 2. The van der Waals surface area contributed by atoms with Crippen molar-refractivity contribution in [2.75, 3.05) is 0 Å². The summed E-state index contributed by atoms with van der Waals surface area (Å²) in [6, 6.07) is 4.92. The average Bonchev–Trinajstić information content (AvgIpc) is 2.78. The Kier molecular flexibility index (Phi) is 3.52. The van der Waals surface area contributed by atoms with E-state index in [1.54, 1.807) is 32.0 Å². The first kappa shape index (κ1) is 13.8. The van der Waals surface area contributed by atoms with Crippen LogP contribution < -0.4 is 5.73 Å². The Hall–Kier alpha value is -1.59. The lowest BCUT2D eigenvalue weighted by Gasteiger charge is -2.13. The number of amides is 1. The first-order chi connectivity index (χ1) is 8.82. The van der Waals surface area contributed by atoms with E-state index in [2.05, 4.69) is 10.1 Å². The predicted octanol–water partition coefficient (Wildman–Crippen LogP) is 2.81. The fourth-order valence-corrected chi connectivity index (χ4v) is 1.86. The van der Waals surface area contributed by atoms with E-state index in [1.807, 2.05) is 0 Å². The number of carbonyl (C=O) groups is 1. The third kappa shape index (κ3) is 2.57. The van der Waals surface area contributed by atoms with Crippen LogP contribution in [0.5, 0.6) is 0 Å². The molecule has 1 aromatic heterocycles. The minimum atomic E-state index is -1.04. The zero-order valence-corrected chi connectivity index (χ0v) is 11.8. The molecule has 2 aromatic rings. The topological polar surface area (TPSA) is 82.0 Å². The minimum absolute atomic E-state index is 0.140. The van der Waals surface area contributed by atoms with Crippen LogP contribution in [0, 0.1) is 0 Å². The summed E-state index contributed by atoms with van der Waals surface area (Å²) < 4.78 is 5.08. The Labute approximate surface area is 119 Å². The minimum Gasteiger partial charge on any atom is -0.369 e. The van der Waals surface area contributed by atoms with Crippen molar-refractivity contribution in [2.45, 2.75) is 19.3 Å². The van der Waals surface area contributed by atoms with Gasteiger partial charge in [-0.05, 0) is 32.0 Å². The monoisotopic (exact) mass is 299 g/mol. The second-order valence-corrected chi connectivity index (χ2v) is 5.38. The van der Waals surface area contributed by atoms with Crippen molar-refractivity contribution in [1.29, 1.82) is 0 Å². The number of benzene rings is 1. The van der Waals surface area contributed by atoms with Gasteiger partial charge in [0.1, 0.15) is 5.41 Å². The number of nitrogens with two attached hydrogens (primary N) is 1. The van der Waals surface area contributed by atoms with Crippen LogP contribution in [0.15, 0.2) is 22.7 Å². The maximum Gasteiger partial charge on any atom is 0.242 e. The summed E-state index contributed by atoms with van der Waals surface area (Å²) in [5, 5.41) is 4.71. The van der Waals surface area contributed by atoms with Crippen molar-refractivity contribution in [2.24, 2.45) is 5.73 Å². The second-order valence-electron chi connectivity index (χ2n) is 4.54. The number of carbonyl (C=O) groups excluding carboxylic acids is 1. The van der Waals surface area contributed by atoms with Gasteiger partial charge in [-0.25, -0.2) is 0 Å². The van der Waals surface area contributed by atoms with Gasteiger partial charge in [0.2, 0.25) is 17.6 Å². The fourth-order valence-electron chi connectivity index (χ4n) is 1.36. The predicted molar refractivity (Wildman–Crippen MR) is 72.0 cm³/mol. The third-order valence-corrected chi connectivity index (χ3v) is 3.30. The molecule has 1 aromatic carbocycles. The molecular formula is C12H11Cl2N3O2. The van der Waals surface area contributed by atoms with Gasteiger partial charge in [0.05, 0.1) is 5.02 Å². The summed E-state index contributed by atoms with van der Waals surface area (Å²) >= 11 is 11.9. The van der Waals surface area contributed by atoms with Crippen LogP contribution in [-0.2, 0) is 10.2 Å². The van der Waals surface area contributed by atoms with E-state index >= 15 is 0 Å². The summed E-state index contributed by atoms with van der Waals surface area (Å²) in [5.74, 6) is -0.128. The highest BCUT2D eigenvalue weighted by molar-refractivity contribution is 6.36. The van der Waals surface area contributed by atoms with Crippen molar-refractivity contribution in [3.05, 3.63) is 34.1 Å². The van der Waals surface area contributed by atoms with Gasteiger partial charge in [0, 0.05) is 10.6 Å². The number of halogens is 2. The lowest BCUT2D eigenvalue weighted by molar-refractivity contribution is -0.123. The molecule has 0 saturated heterocycles. The van der Waals surface area contributed by atoms with Crippen LogP contribution in [0.25, 0.3) is 11.4 Å². The smallest absolute Gasteiger partial charge is 0.242 e. The summed E-state index contributed by atoms with van der Waals surface area (Å²) in [6.07, 6.45) is 0. The van der Waals surface area contributed by atoms with E-state index in [0.29, 0.717) is 15.6 Å². The van der Waals surface area contributed by atoms with Crippen molar-refractivity contribution in [1.82, 2.24) is 10.1 Å². The standard InChI is InChI=1S/C12H11Cl2N3O2/c1-12(2,10(15)18)11-16-9(17-19-11)7-4-3-6(13)5-8(7)14/h3-5H,1-2H3,(H2,15,18). The molecular weight excluding hydrogens is 289 g/mol. The molecule has 2 rings (SSSR count). The number of primary amides is 1. The van der Waals surface area contributed by atoms with Crippen LogP contribution in [0.3, 0.4) is 0 Å². The average molecular weight is 300 g/mol. The highest BCUT2D eigenvalue weighted by atomic mass is 35.5. The molecule has 100 valence electrons. The number of hydrogen-bond acceptors (Lipinski definition) is 4. The molecule has 0 spiro atoms. The first-order valence-corrected chi connectivity index (χ1v) is 6.17. The summed E-state index contributed by atoms with van der Waals surface area (Å²) in [5.41, 5.74) is 4.82. The zero-order valence-electron chi connectivity index (χ0n) is 10.3. The lowest BCUT2D eigenvalue weighted by Crippen LogP contribution is -2.35. The summed E-state index contributed by atoms with van der Waals surface area (Å²) in [6.45, 7) is 3.21. The molecule has 0 unspecified atom stereocenters. The van der Waals surface area contributed by atoms with Gasteiger partial charge < -0.3 is 10.3 Å². The van der Waals surface area contributed by atoms with E-state index in [0.717, 1.165) is 0 Å². The first-order valence-electron chi connectivity index (χ1n) is 5.42. The van der Waals surface area contributed by atoms with Gasteiger partial charge in [-0.1, -0.05) is 28.4 Å². The zero-order chi connectivity index (χ0) is 14.2. The van der Waals surface area contributed by atoms with Gasteiger partial charge in [-0.2, -0.15) is 4.98 Å². The Morgan fingerprint density at radius 2 is 2.05 bits per heavy atom. The summed E-state index contributed by atoms with van der Waals surface area (Å²) in [4.78, 5) is 15.5. The van der Waals surface area contributed by atoms with Crippen LogP contribution in [-0.4, -0.2) is 16.0 Å². The van der Waals surface area contributed by atoms with Gasteiger partial charge in [-0.15, -0.1) is 0 Å². The van der Waals surface area contributed by atoms with Crippen LogP contribution in [0.4, 0.5) is 0 Å². The molecule has 0 aliphatic rings. The Morgan fingerprint density at radius 1 is 1.37 bits per heavy atom. The van der Waals surface area contributed by atoms with Crippen LogP contribution in [0.1, 0.15) is 19.7 Å². The molecule has 0 aliphatic heterocycles. The number of rotatable bonds is 3. The molecule has 7 heteroatoms. The molecule has 0 radical (unpaired) electrons. The number of nitrogens with zero attached hydrogens (tertiary/aromatic N) is 2. The highest BCUT2D eigenvalue weighted by Gasteiger charge is 2.34. The highest BCUT2D eigenvalue weighted by Crippen LogP contribution is 2.30. The molecule has 2 N–H and O–H groups in total. The third-order valence-electron chi connectivity index (χ3n) is 2.75. The Morgan fingerprint density at radius 3 is 2.63 bits per heavy atom. The van der Waals surface area contributed by atoms with Crippen molar-refractivity contribution in [3.8, 4) is 11.4 Å². The van der Waals surface area contributed by atoms with Crippen molar-refractivity contribution < 1.29 is 9.32 Å². The molecule has 1 heterocycles. The molecule has 5 nitrogen and oxygen atoms in total. The lowest BCUT2D eigenvalue weighted by atomic mass is 9.93. The maximum absolute atomic E-state index is 11.3. The van der Waals surface area contributed by atoms with E-state index in [1.165, 1.54) is 0 Å². The van der Waals surface area contributed by atoms with Crippen LogP contribution >= 0.6 is 23.2 Å². The van der Waals surface area contributed by atoms with Gasteiger partial charge in [-0.3, -0.25) is 4.79 Å². The van der Waals surface area contributed by atoms with Crippen LogP contribution in [0.2, 0.25) is 10.0 Å². The maximum atomic E-state index is 11.3. The molecule has 1 amide bonds. The van der Waals surface area contributed by atoms with Crippen molar-refractivity contribution >= 4 is 29.1 Å². The van der Waals surface area contributed by atoms with Gasteiger partial charge in [0.25, 0.3) is 0 Å². The second kappa shape index (κ2) is 4.83. The van der Waals surface area contributed by atoms with E-state index in [9.17, 15) is 4.79 Å². The molecule has 0 aliphatic carbocycles. The van der Waals surface area contributed by atoms with Gasteiger partial charge in [0.15, 0.2) is 0 Å².